The summed E-state index contributed by atoms with van der Waals surface area (Å²) in [6.07, 6.45) is 0. The first kappa shape index (κ1) is 19.1. The van der Waals surface area contributed by atoms with Crippen molar-refractivity contribution in [1.82, 2.24) is 10.2 Å². The van der Waals surface area contributed by atoms with Crippen LogP contribution < -0.4 is 10.1 Å². The second-order valence-electron chi connectivity index (χ2n) is 5.33. The molecule has 0 aromatic heterocycles. The van der Waals surface area contributed by atoms with Gasteiger partial charge in [-0.15, -0.1) is 12.4 Å². The summed E-state index contributed by atoms with van der Waals surface area (Å²) < 4.78 is 33.7. The van der Waals surface area contributed by atoms with Crippen molar-refractivity contribution in [2.75, 3.05) is 39.9 Å². The zero-order valence-corrected chi connectivity index (χ0v) is 13.6. The van der Waals surface area contributed by atoms with Crippen LogP contribution in [-0.2, 0) is 0 Å². The number of methoxy groups -OCH3 is 1. The molecule has 2 rings (SSSR count). The summed E-state index contributed by atoms with van der Waals surface area (Å²) in [6.45, 7) is 3.05. The van der Waals surface area contributed by atoms with E-state index in [0.717, 1.165) is 5.56 Å². The zero-order chi connectivity index (χ0) is 15.5. The van der Waals surface area contributed by atoms with Gasteiger partial charge in [-0.2, -0.15) is 0 Å². The fourth-order valence-corrected chi connectivity index (χ4v) is 2.80. The Balaban J connectivity index is 0.00000242. The van der Waals surface area contributed by atoms with Crippen LogP contribution >= 0.6 is 12.4 Å². The third-order valence-electron chi connectivity index (χ3n) is 3.90. The Morgan fingerprint density at radius 3 is 2.50 bits per heavy atom. The summed E-state index contributed by atoms with van der Waals surface area (Å²) in [6, 6.07) is 3.99. The predicted molar refractivity (Wildman–Crippen MR) is 84.2 cm³/mol. The summed E-state index contributed by atoms with van der Waals surface area (Å²) in [5.41, 5.74) is 1.28. The summed E-state index contributed by atoms with van der Waals surface area (Å²) in [5.74, 6) is -2.54. The lowest BCUT2D eigenvalue weighted by atomic mass is 9.94. The van der Waals surface area contributed by atoms with E-state index < -0.39 is 18.6 Å². The summed E-state index contributed by atoms with van der Waals surface area (Å²) in [4.78, 5) is 1.74. The van der Waals surface area contributed by atoms with Crippen LogP contribution in [0.4, 0.5) is 8.78 Å². The Hall–Kier alpha value is -0.950. The van der Waals surface area contributed by atoms with Gasteiger partial charge in [0.25, 0.3) is 5.92 Å². The van der Waals surface area contributed by atoms with Crippen LogP contribution in [0.1, 0.15) is 17.2 Å². The van der Waals surface area contributed by atoms with Gasteiger partial charge in [0.15, 0.2) is 0 Å². The van der Waals surface area contributed by atoms with E-state index in [0.29, 0.717) is 37.5 Å². The minimum Gasteiger partial charge on any atom is -0.497 e. The van der Waals surface area contributed by atoms with Crippen molar-refractivity contribution in [3.63, 3.8) is 0 Å². The molecule has 1 fully saturated rings. The van der Waals surface area contributed by atoms with Crippen LogP contribution in [0, 0.1) is 6.92 Å². The first-order chi connectivity index (χ1) is 9.99. The highest BCUT2D eigenvalue weighted by molar-refractivity contribution is 5.85. The fraction of sp³-hybridized carbons (Fsp3) is 0.600. The highest BCUT2D eigenvalue weighted by Gasteiger charge is 2.44. The average molecular weight is 337 g/mol. The lowest BCUT2D eigenvalue weighted by molar-refractivity contribution is -0.118. The molecule has 0 aliphatic carbocycles. The molecule has 1 atom stereocenters. The Labute approximate surface area is 135 Å². The third-order valence-corrected chi connectivity index (χ3v) is 3.90. The Bertz CT molecular complexity index is 483. The van der Waals surface area contributed by atoms with Crippen molar-refractivity contribution in [2.24, 2.45) is 0 Å². The van der Waals surface area contributed by atoms with Crippen LogP contribution in [0.25, 0.3) is 0 Å². The van der Waals surface area contributed by atoms with Gasteiger partial charge >= 0.3 is 0 Å². The molecule has 1 aliphatic rings. The highest BCUT2D eigenvalue weighted by Crippen LogP contribution is 2.38. The number of hydrogen-bond donors (Lipinski definition) is 2. The molecular weight excluding hydrogens is 314 g/mol. The topological polar surface area (TPSA) is 44.7 Å². The number of piperazine rings is 1. The van der Waals surface area contributed by atoms with Gasteiger partial charge < -0.3 is 15.2 Å². The van der Waals surface area contributed by atoms with E-state index in [1.54, 1.807) is 37.1 Å². The molecule has 0 radical (unpaired) electrons. The number of benzene rings is 1. The van der Waals surface area contributed by atoms with Gasteiger partial charge in [-0.05, 0) is 30.2 Å². The number of rotatable bonds is 5. The van der Waals surface area contributed by atoms with E-state index in [9.17, 15) is 8.78 Å². The maximum atomic E-state index is 14.3. The largest absolute Gasteiger partial charge is 0.497 e. The number of aliphatic hydroxyl groups is 1. The van der Waals surface area contributed by atoms with E-state index in [4.69, 9.17) is 9.84 Å². The van der Waals surface area contributed by atoms with Crippen LogP contribution in [0.3, 0.4) is 0 Å². The van der Waals surface area contributed by atoms with Crippen LogP contribution in [-0.4, -0.2) is 55.8 Å². The van der Waals surface area contributed by atoms with Crippen molar-refractivity contribution in [2.45, 2.75) is 18.9 Å². The monoisotopic (exact) mass is 336 g/mol. The number of hydrogen-bond acceptors (Lipinski definition) is 4. The molecule has 1 aromatic carbocycles. The second kappa shape index (κ2) is 8.06. The predicted octanol–water partition coefficient (Wildman–Crippen LogP) is 2.00. The molecule has 1 aromatic rings. The van der Waals surface area contributed by atoms with Gasteiger partial charge in [0.05, 0.1) is 7.11 Å². The minimum absolute atomic E-state index is 0. The van der Waals surface area contributed by atoms with Gasteiger partial charge in [-0.1, -0.05) is 6.07 Å². The molecule has 1 aliphatic heterocycles. The molecule has 1 heterocycles. The van der Waals surface area contributed by atoms with Crippen molar-refractivity contribution in [1.29, 1.82) is 0 Å². The average Bonchev–Trinajstić information content (AvgIpc) is 2.50. The Morgan fingerprint density at radius 1 is 1.36 bits per heavy atom. The molecule has 7 heteroatoms. The molecule has 126 valence electrons. The van der Waals surface area contributed by atoms with E-state index in [-0.39, 0.29) is 12.4 Å². The van der Waals surface area contributed by atoms with Gasteiger partial charge in [0, 0.05) is 26.2 Å². The molecule has 0 unspecified atom stereocenters. The van der Waals surface area contributed by atoms with Crippen LogP contribution in [0.2, 0.25) is 0 Å². The van der Waals surface area contributed by atoms with Gasteiger partial charge in [-0.3, -0.25) is 4.90 Å². The number of alkyl halides is 2. The summed E-state index contributed by atoms with van der Waals surface area (Å²) in [5, 5.41) is 12.3. The molecule has 0 bridgehead atoms. The quantitative estimate of drug-likeness (QED) is 0.863. The number of nitrogens with zero attached hydrogens (tertiary/aromatic N) is 1. The van der Waals surface area contributed by atoms with Gasteiger partial charge in [-0.25, -0.2) is 8.78 Å². The molecule has 1 saturated heterocycles. The van der Waals surface area contributed by atoms with E-state index in [1.807, 2.05) is 0 Å². The molecule has 22 heavy (non-hydrogen) atoms. The SMILES string of the molecule is COc1ccc([C@@H](N2CCNCC2)C(F)(F)CO)c(C)c1.Cl. The second-order valence-corrected chi connectivity index (χ2v) is 5.33. The smallest absolute Gasteiger partial charge is 0.289 e. The summed E-state index contributed by atoms with van der Waals surface area (Å²) in [7, 11) is 1.55. The van der Waals surface area contributed by atoms with Crippen molar-refractivity contribution in [3.05, 3.63) is 29.3 Å². The maximum Gasteiger partial charge on any atom is 0.289 e. The van der Waals surface area contributed by atoms with Crippen LogP contribution in [0.15, 0.2) is 18.2 Å². The molecule has 0 saturated carbocycles. The molecule has 0 spiro atoms. The first-order valence-electron chi connectivity index (χ1n) is 7.07. The molecule has 4 nitrogen and oxygen atoms in total. The Kier molecular flexibility index (Phi) is 6.99. The Morgan fingerprint density at radius 2 is 2.00 bits per heavy atom. The van der Waals surface area contributed by atoms with E-state index >= 15 is 0 Å². The maximum absolute atomic E-state index is 14.3. The lowest BCUT2D eigenvalue weighted by Crippen LogP contribution is -2.51. The third kappa shape index (κ3) is 4.07. The number of aryl methyl sites for hydroxylation is 1. The standard InChI is InChI=1S/C15H22F2N2O2.ClH/c1-11-9-12(21-2)3-4-13(11)14(15(16,17)10-20)19-7-5-18-6-8-19;/h3-4,9,14,18,20H,5-8,10H2,1-2H3;1H/t14-;/m1./s1. The molecular formula is C15H23ClF2N2O2. The molecule has 2 N–H and O–H groups in total. The number of nitrogens with one attached hydrogen (secondary N) is 1. The van der Waals surface area contributed by atoms with Crippen molar-refractivity contribution >= 4 is 12.4 Å². The van der Waals surface area contributed by atoms with E-state index in [1.165, 1.54) is 0 Å². The fourth-order valence-electron chi connectivity index (χ4n) is 2.80. The number of ether oxygens (including phenoxy) is 1. The zero-order valence-electron chi connectivity index (χ0n) is 12.8. The normalized spacial score (nSPS) is 17.7. The van der Waals surface area contributed by atoms with Crippen molar-refractivity contribution < 1.29 is 18.6 Å². The van der Waals surface area contributed by atoms with Gasteiger partial charge in [0.1, 0.15) is 18.4 Å². The van der Waals surface area contributed by atoms with Crippen molar-refractivity contribution in [3.8, 4) is 5.75 Å². The van der Waals surface area contributed by atoms with E-state index in [2.05, 4.69) is 5.32 Å². The first-order valence-corrected chi connectivity index (χ1v) is 7.07. The molecule has 0 amide bonds. The van der Waals surface area contributed by atoms with Gasteiger partial charge in [0.2, 0.25) is 0 Å². The lowest BCUT2D eigenvalue weighted by Gasteiger charge is -2.39. The number of halogens is 3. The van der Waals surface area contributed by atoms with Crippen LogP contribution in [0.5, 0.6) is 5.75 Å². The minimum atomic E-state index is -3.18. The highest BCUT2D eigenvalue weighted by atomic mass is 35.5. The number of aliphatic hydroxyl groups excluding tert-OH is 1. The summed E-state index contributed by atoms with van der Waals surface area (Å²) >= 11 is 0.